The summed E-state index contributed by atoms with van der Waals surface area (Å²) in [7, 11) is 0. The highest BCUT2D eigenvalue weighted by molar-refractivity contribution is 5.81. The minimum Gasteiger partial charge on any atom is -0.485 e. The Labute approximate surface area is 232 Å². The van der Waals surface area contributed by atoms with E-state index in [0.29, 0.717) is 47.0 Å². The molecule has 0 bridgehead atoms. The number of fused-ring (bicyclic) bond motifs is 4. The molecule has 8 heteroatoms. The third kappa shape index (κ3) is 5.76. The number of ether oxygens (including phenoxy) is 2. The quantitative estimate of drug-likeness (QED) is 0.378. The zero-order valence-electron chi connectivity index (χ0n) is 22.6. The number of ketones is 2. The molecule has 4 heterocycles. The normalized spacial score (nSPS) is 20.9. The molecule has 2 atom stereocenters. The number of carbonyl (C=O) groups is 2. The van der Waals surface area contributed by atoms with E-state index in [2.05, 4.69) is 0 Å². The average Bonchev–Trinajstić information content (AvgIpc) is 2.93. The number of unbranched alkanes of at least 4 members (excludes halogenated alkanes) is 1. The van der Waals surface area contributed by atoms with Crippen LogP contribution in [0.5, 0.6) is 11.5 Å². The molecular formula is C32H34O8. The van der Waals surface area contributed by atoms with Gasteiger partial charge in [-0.15, -0.1) is 0 Å². The molecule has 0 aromatic carbocycles. The maximum absolute atomic E-state index is 12.6. The fourth-order valence-corrected chi connectivity index (χ4v) is 6.18. The number of Topliss-reactive ketones (excluding diaryl/α,β-unsaturated/α-hetero) is 2. The van der Waals surface area contributed by atoms with E-state index in [1.165, 1.54) is 0 Å². The second kappa shape index (κ2) is 11.4. The lowest BCUT2D eigenvalue weighted by Crippen LogP contribution is -2.28. The Kier molecular flexibility index (Phi) is 7.59. The van der Waals surface area contributed by atoms with Crippen molar-refractivity contribution in [1.82, 2.24) is 0 Å². The van der Waals surface area contributed by atoms with Gasteiger partial charge in [-0.1, -0.05) is 0 Å². The minimum absolute atomic E-state index is 0.00702. The lowest BCUT2D eigenvalue weighted by Gasteiger charge is -2.30. The molecule has 0 saturated heterocycles. The third-order valence-electron chi connectivity index (χ3n) is 8.30. The van der Waals surface area contributed by atoms with Gasteiger partial charge in [0.1, 0.15) is 57.9 Å². The largest absolute Gasteiger partial charge is 0.485 e. The number of hydrogen-bond donors (Lipinski definition) is 0. The van der Waals surface area contributed by atoms with Crippen LogP contribution in [-0.2, 0) is 22.4 Å². The van der Waals surface area contributed by atoms with Crippen molar-refractivity contribution in [1.29, 1.82) is 0 Å². The fraction of sp³-hybridized carbons (Fsp3) is 0.500. The van der Waals surface area contributed by atoms with Crippen molar-refractivity contribution in [2.24, 2.45) is 0 Å². The highest BCUT2D eigenvalue weighted by atomic mass is 16.5. The molecule has 2 fully saturated rings. The summed E-state index contributed by atoms with van der Waals surface area (Å²) in [6.45, 7) is 0. The van der Waals surface area contributed by atoms with Gasteiger partial charge in [0.25, 0.3) is 0 Å². The summed E-state index contributed by atoms with van der Waals surface area (Å²) in [5, 5.41) is 0. The monoisotopic (exact) mass is 546 g/mol. The highest BCUT2D eigenvalue weighted by Gasteiger charge is 2.29. The van der Waals surface area contributed by atoms with E-state index in [0.717, 1.165) is 62.5 Å². The Balaban J connectivity index is 0.981. The molecule has 8 nitrogen and oxygen atoms in total. The number of hydrogen-bond acceptors (Lipinski definition) is 8. The Hall–Kier alpha value is -3.68. The topological polar surface area (TPSA) is 113 Å². The van der Waals surface area contributed by atoms with Crippen LogP contribution < -0.4 is 20.7 Å². The van der Waals surface area contributed by atoms with E-state index in [1.54, 1.807) is 12.1 Å². The van der Waals surface area contributed by atoms with Crippen LogP contribution in [-0.4, -0.2) is 23.8 Å². The van der Waals surface area contributed by atoms with Crippen LogP contribution in [0.1, 0.15) is 99.7 Å². The molecule has 0 spiro atoms. The first-order chi connectivity index (χ1) is 19.4. The van der Waals surface area contributed by atoms with Crippen molar-refractivity contribution in [3.63, 3.8) is 0 Å². The molecule has 2 aliphatic carbocycles. The van der Waals surface area contributed by atoms with Crippen molar-refractivity contribution in [3.05, 3.63) is 66.8 Å². The van der Waals surface area contributed by atoms with Crippen LogP contribution in [0.25, 0.3) is 12.2 Å². The predicted octanol–water partition coefficient (Wildman–Crippen LogP) is 5.51. The van der Waals surface area contributed by atoms with E-state index in [-0.39, 0.29) is 49.5 Å². The molecule has 0 amide bonds. The summed E-state index contributed by atoms with van der Waals surface area (Å²) in [5.74, 6) is 1.47. The average molecular weight is 547 g/mol. The van der Waals surface area contributed by atoms with E-state index >= 15 is 0 Å². The summed E-state index contributed by atoms with van der Waals surface area (Å²) in [6.07, 6.45) is 13.6. The Morgan fingerprint density at radius 3 is 1.57 bits per heavy atom. The highest BCUT2D eigenvalue weighted by Crippen LogP contribution is 2.37. The minimum atomic E-state index is -0.475. The molecule has 2 aliphatic heterocycles. The van der Waals surface area contributed by atoms with E-state index in [4.69, 9.17) is 18.3 Å². The van der Waals surface area contributed by atoms with Gasteiger partial charge in [-0.25, -0.2) is 9.59 Å². The first kappa shape index (κ1) is 26.5. The van der Waals surface area contributed by atoms with Gasteiger partial charge in [-0.05, 0) is 87.5 Å². The smallest absolute Gasteiger partial charge is 0.347 e. The molecule has 210 valence electrons. The summed E-state index contributed by atoms with van der Waals surface area (Å²) in [4.78, 5) is 50.1. The van der Waals surface area contributed by atoms with Crippen molar-refractivity contribution < 1.29 is 27.9 Å². The SMILES string of the molecule is O=C(CCCCC(=O)Cc1cc2c(c(=O)o1)C=C1CCCCC1O2)Cc1cc2c(c(=O)o1)C=C1CCCCC1O2. The number of rotatable bonds is 9. The molecule has 2 aromatic heterocycles. The Morgan fingerprint density at radius 2 is 1.12 bits per heavy atom. The Morgan fingerprint density at radius 1 is 0.675 bits per heavy atom. The first-order valence-electron chi connectivity index (χ1n) is 14.5. The summed E-state index contributed by atoms with van der Waals surface area (Å²) in [5.41, 5.74) is 2.19. The first-order valence-corrected chi connectivity index (χ1v) is 14.5. The molecule has 2 saturated carbocycles. The maximum Gasteiger partial charge on any atom is 0.347 e. The molecule has 2 aromatic rings. The second-order valence-electron chi connectivity index (χ2n) is 11.3. The molecule has 0 radical (unpaired) electrons. The third-order valence-corrected chi connectivity index (χ3v) is 8.30. The fourth-order valence-electron chi connectivity index (χ4n) is 6.18. The lowest BCUT2D eigenvalue weighted by molar-refractivity contribution is -0.120. The standard InChI is InChI=1S/C32H34O8/c33-21(15-23-17-29-25(31(35)37-23)13-19-7-1-5-11-27(19)39-29)9-3-4-10-22(34)16-24-18-30-26(32(36)38-24)14-20-8-2-6-12-28(20)40-30/h13-14,17-18,27-28H,1-12,15-16H2. The van der Waals surface area contributed by atoms with Crippen LogP contribution in [0.4, 0.5) is 0 Å². The van der Waals surface area contributed by atoms with Crippen molar-refractivity contribution >= 4 is 23.7 Å². The Bertz CT molecular complexity index is 1390. The van der Waals surface area contributed by atoms with Gasteiger partial charge in [0.05, 0.1) is 12.8 Å². The van der Waals surface area contributed by atoms with Gasteiger partial charge in [0, 0.05) is 25.0 Å². The van der Waals surface area contributed by atoms with Crippen molar-refractivity contribution in [2.75, 3.05) is 0 Å². The summed E-state index contributed by atoms with van der Waals surface area (Å²) >= 11 is 0. The maximum atomic E-state index is 12.6. The lowest BCUT2D eigenvalue weighted by atomic mass is 9.89. The van der Waals surface area contributed by atoms with Crippen molar-refractivity contribution in [3.8, 4) is 11.5 Å². The molecule has 0 N–H and O–H groups in total. The van der Waals surface area contributed by atoms with Crippen molar-refractivity contribution in [2.45, 2.75) is 102 Å². The zero-order valence-corrected chi connectivity index (χ0v) is 22.6. The molecular weight excluding hydrogens is 512 g/mol. The van der Waals surface area contributed by atoms with Crippen LogP contribution in [0.15, 0.2) is 41.7 Å². The zero-order chi connectivity index (χ0) is 27.6. The molecule has 4 aliphatic rings. The van der Waals surface area contributed by atoms with E-state index in [1.807, 2.05) is 12.2 Å². The van der Waals surface area contributed by atoms with Crippen LogP contribution in [0.3, 0.4) is 0 Å². The predicted molar refractivity (Wildman–Crippen MR) is 148 cm³/mol. The summed E-state index contributed by atoms with van der Waals surface area (Å²) < 4.78 is 22.9. The molecule has 6 rings (SSSR count). The van der Waals surface area contributed by atoms with Gasteiger partial charge in [0.15, 0.2) is 0 Å². The van der Waals surface area contributed by atoms with Gasteiger partial charge >= 0.3 is 11.3 Å². The van der Waals surface area contributed by atoms with Crippen LogP contribution in [0, 0.1) is 0 Å². The molecule has 40 heavy (non-hydrogen) atoms. The van der Waals surface area contributed by atoms with Gasteiger partial charge in [-0.2, -0.15) is 0 Å². The molecule has 2 unspecified atom stereocenters. The van der Waals surface area contributed by atoms with Gasteiger partial charge < -0.3 is 18.3 Å². The number of carbonyl (C=O) groups excluding carboxylic acids is 2. The van der Waals surface area contributed by atoms with E-state index in [9.17, 15) is 19.2 Å². The summed E-state index contributed by atoms with van der Waals surface area (Å²) in [6, 6.07) is 3.34. The second-order valence-corrected chi connectivity index (χ2v) is 11.3. The van der Waals surface area contributed by atoms with Gasteiger partial charge in [0.2, 0.25) is 0 Å². The van der Waals surface area contributed by atoms with Crippen LogP contribution >= 0.6 is 0 Å². The van der Waals surface area contributed by atoms with Gasteiger partial charge in [-0.3, -0.25) is 9.59 Å². The van der Waals surface area contributed by atoms with Crippen LogP contribution in [0.2, 0.25) is 0 Å². The van der Waals surface area contributed by atoms with E-state index < -0.39 is 11.3 Å².